The fraction of sp³-hybridized carbons (Fsp3) is 0.263. The maximum absolute atomic E-state index is 12.6. The molecule has 0 saturated carbocycles. The number of nitrogen functional groups attached to an aromatic ring is 1. The second kappa shape index (κ2) is 7.25. The highest BCUT2D eigenvalue weighted by Gasteiger charge is 2.23. The molecule has 0 aromatic heterocycles. The van der Waals surface area contributed by atoms with Crippen molar-refractivity contribution in [1.29, 1.82) is 0 Å². The Morgan fingerprint density at radius 2 is 1.72 bits per heavy atom. The first-order valence-corrected chi connectivity index (χ1v) is 7.87. The molecule has 2 aromatic carbocycles. The normalized spacial score (nSPS) is 10.9. The smallest absolute Gasteiger partial charge is 0.257 e. The predicted molar refractivity (Wildman–Crippen MR) is 99.9 cm³/mol. The summed E-state index contributed by atoms with van der Waals surface area (Å²) in [6, 6.07) is 11.8. The van der Waals surface area contributed by atoms with Gasteiger partial charge in [-0.3, -0.25) is 9.59 Å². The molecule has 2 rings (SSSR count). The van der Waals surface area contributed by atoms with Crippen LogP contribution in [0.3, 0.4) is 0 Å². The molecule has 6 nitrogen and oxygen atoms in total. The van der Waals surface area contributed by atoms with E-state index in [-0.39, 0.29) is 11.8 Å². The molecule has 2 aromatic rings. The first kappa shape index (κ1) is 18.3. The summed E-state index contributed by atoms with van der Waals surface area (Å²) in [6.07, 6.45) is 0. The molecule has 6 heteroatoms. The minimum atomic E-state index is -0.561. The third-order valence-corrected chi connectivity index (χ3v) is 3.59. The molecule has 0 aliphatic carbocycles. The summed E-state index contributed by atoms with van der Waals surface area (Å²) in [5.41, 5.74) is 7.09. The van der Waals surface area contributed by atoms with Crippen LogP contribution in [0.15, 0.2) is 42.5 Å². The number of ether oxygens (including phenoxy) is 1. The molecule has 0 saturated heterocycles. The number of nitrogens with two attached hydrogens (primary N) is 1. The Bertz CT molecular complexity index is 795. The number of carbonyl (C=O) groups excluding carboxylic acids is 2. The van der Waals surface area contributed by atoms with E-state index in [0.717, 1.165) is 0 Å². The molecule has 0 fully saturated rings. The van der Waals surface area contributed by atoms with E-state index >= 15 is 0 Å². The number of amides is 2. The lowest BCUT2D eigenvalue weighted by Gasteiger charge is -2.19. The van der Waals surface area contributed by atoms with E-state index in [1.54, 1.807) is 42.5 Å². The molecule has 0 aliphatic rings. The number of hydrogen-bond acceptors (Lipinski definition) is 4. The van der Waals surface area contributed by atoms with Crippen LogP contribution in [0.2, 0.25) is 0 Å². The lowest BCUT2D eigenvalue weighted by molar-refractivity contribution is -0.123. The van der Waals surface area contributed by atoms with Crippen molar-refractivity contribution in [1.82, 2.24) is 0 Å². The maximum Gasteiger partial charge on any atom is 0.257 e. The molecule has 2 amide bonds. The van der Waals surface area contributed by atoms with Crippen LogP contribution in [0.25, 0.3) is 0 Å². The lowest BCUT2D eigenvalue weighted by Crippen LogP contribution is -2.28. The Morgan fingerprint density at radius 1 is 1.04 bits per heavy atom. The van der Waals surface area contributed by atoms with Crippen molar-refractivity contribution in [2.75, 3.05) is 23.5 Å². The second-order valence-corrected chi connectivity index (χ2v) is 6.66. The van der Waals surface area contributed by atoms with Crippen molar-refractivity contribution in [3.8, 4) is 5.75 Å². The van der Waals surface area contributed by atoms with Crippen LogP contribution < -0.4 is 21.1 Å². The molecule has 0 spiro atoms. The predicted octanol–water partition coefficient (Wildman–Crippen LogP) is 3.51. The number of benzene rings is 2. The molecule has 25 heavy (non-hydrogen) atoms. The SMILES string of the molecule is COc1ccc(NC(=O)c2ccccc2NC(=O)C(C)(C)C)cc1N. The largest absolute Gasteiger partial charge is 0.495 e. The van der Waals surface area contributed by atoms with Gasteiger partial charge < -0.3 is 21.1 Å². The van der Waals surface area contributed by atoms with Gasteiger partial charge in [-0.2, -0.15) is 0 Å². The molecular formula is C19H23N3O3. The van der Waals surface area contributed by atoms with Crippen LogP contribution in [0.4, 0.5) is 17.1 Å². The van der Waals surface area contributed by atoms with Gasteiger partial charge in [-0.25, -0.2) is 0 Å². The molecule has 0 unspecified atom stereocenters. The number of para-hydroxylation sites is 1. The van der Waals surface area contributed by atoms with E-state index in [4.69, 9.17) is 10.5 Å². The van der Waals surface area contributed by atoms with Gasteiger partial charge in [0.1, 0.15) is 5.75 Å². The third kappa shape index (κ3) is 4.50. The average molecular weight is 341 g/mol. The average Bonchev–Trinajstić information content (AvgIpc) is 2.54. The van der Waals surface area contributed by atoms with E-state index in [1.165, 1.54) is 7.11 Å². The number of nitrogens with one attached hydrogen (secondary N) is 2. The van der Waals surface area contributed by atoms with Gasteiger partial charge in [-0.15, -0.1) is 0 Å². The van der Waals surface area contributed by atoms with Crippen LogP contribution >= 0.6 is 0 Å². The first-order valence-electron chi connectivity index (χ1n) is 7.87. The zero-order chi connectivity index (χ0) is 18.6. The molecule has 4 N–H and O–H groups in total. The summed E-state index contributed by atoms with van der Waals surface area (Å²) in [5.74, 6) is 0.0339. The highest BCUT2D eigenvalue weighted by Crippen LogP contribution is 2.26. The highest BCUT2D eigenvalue weighted by molar-refractivity contribution is 6.10. The van der Waals surface area contributed by atoms with Crippen molar-refractivity contribution in [2.24, 2.45) is 5.41 Å². The van der Waals surface area contributed by atoms with Gasteiger partial charge in [0.2, 0.25) is 5.91 Å². The molecule has 132 valence electrons. The summed E-state index contributed by atoms with van der Waals surface area (Å²) in [6.45, 7) is 5.43. The third-order valence-electron chi connectivity index (χ3n) is 3.59. The minimum absolute atomic E-state index is 0.165. The van der Waals surface area contributed by atoms with Gasteiger partial charge in [0.15, 0.2) is 0 Å². The molecule has 0 heterocycles. The molecule has 0 bridgehead atoms. The Kier molecular flexibility index (Phi) is 5.32. The van der Waals surface area contributed by atoms with Crippen molar-refractivity contribution < 1.29 is 14.3 Å². The number of anilines is 3. The number of carbonyl (C=O) groups is 2. The van der Waals surface area contributed by atoms with Crippen molar-refractivity contribution in [3.63, 3.8) is 0 Å². The summed E-state index contributed by atoms with van der Waals surface area (Å²) in [7, 11) is 1.53. The van der Waals surface area contributed by atoms with Crippen LogP contribution in [0.1, 0.15) is 31.1 Å². The molecular weight excluding hydrogens is 318 g/mol. The Labute approximate surface area is 147 Å². The summed E-state index contributed by atoms with van der Waals surface area (Å²) in [5, 5.41) is 5.58. The standard InChI is InChI=1S/C19H23N3O3/c1-19(2,3)18(24)22-15-8-6-5-7-13(15)17(23)21-12-9-10-16(25-4)14(20)11-12/h5-11H,20H2,1-4H3,(H,21,23)(H,22,24). The number of rotatable bonds is 4. The van der Waals surface area contributed by atoms with Crippen molar-refractivity contribution in [2.45, 2.75) is 20.8 Å². The zero-order valence-electron chi connectivity index (χ0n) is 14.8. The number of hydrogen-bond donors (Lipinski definition) is 3. The quantitative estimate of drug-likeness (QED) is 0.742. The monoisotopic (exact) mass is 341 g/mol. The maximum atomic E-state index is 12.6. The van der Waals surface area contributed by atoms with Gasteiger partial charge in [-0.05, 0) is 30.3 Å². The fourth-order valence-corrected chi connectivity index (χ4v) is 2.11. The summed E-state index contributed by atoms with van der Waals surface area (Å²) >= 11 is 0. The van der Waals surface area contributed by atoms with E-state index < -0.39 is 5.41 Å². The van der Waals surface area contributed by atoms with Gasteiger partial charge >= 0.3 is 0 Å². The van der Waals surface area contributed by atoms with Crippen LogP contribution in [0.5, 0.6) is 5.75 Å². The minimum Gasteiger partial charge on any atom is -0.495 e. The fourth-order valence-electron chi connectivity index (χ4n) is 2.11. The highest BCUT2D eigenvalue weighted by atomic mass is 16.5. The topological polar surface area (TPSA) is 93.5 Å². The second-order valence-electron chi connectivity index (χ2n) is 6.66. The molecule has 0 atom stereocenters. The Morgan fingerprint density at radius 3 is 2.32 bits per heavy atom. The van der Waals surface area contributed by atoms with Gasteiger partial charge in [0, 0.05) is 11.1 Å². The summed E-state index contributed by atoms with van der Waals surface area (Å²) in [4.78, 5) is 24.8. The van der Waals surface area contributed by atoms with Gasteiger partial charge in [-0.1, -0.05) is 32.9 Å². The van der Waals surface area contributed by atoms with E-state index in [0.29, 0.717) is 28.4 Å². The van der Waals surface area contributed by atoms with Crippen LogP contribution in [-0.2, 0) is 4.79 Å². The Balaban J connectivity index is 2.22. The van der Waals surface area contributed by atoms with E-state index in [9.17, 15) is 9.59 Å². The number of methoxy groups -OCH3 is 1. The first-order chi connectivity index (χ1) is 11.7. The Hall–Kier alpha value is -3.02. The zero-order valence-corrected chi connectivity index (χ0v) is 14.8. The van der Waals surface area contributed by atoms with Crippen molar-refractivity contribution >= 4 is 28.9 Å². The summed E-state index contributed by atoms with van der Waals surface area (Å²) < 4.78 is 5.10. The van der Waals surface area contributed by atoms with Gasteiger partial charge in [0.05, 0.1) is 24.0 Å². The van der Waals surface area contributed by atoms with Crippen LogP contribution in [0, 0.1) is 5.41 Å². The van der Waals surface area contributed by atoms with E-state index in [1.807, 2.05) is 20.8 Å². The molecule has 0 aliphatic heterocycles. The molecule has 0 radical (unpaired) electrons. The van der Waals surface area contributed by atoms with Crippen LogP contribution in [-0.4, -0.2) is 18.9 Å². The van der Waals surface area contributed by atoms with Crippen molar-refractivity contribution in [3.05, 3.63) is 48.0 Å². The lowest BCUT2D eigenvalue weighted by atomic mass is 9.95. The van der Waals surface area contributed by atoms with Gasteiger partial charge in [0.25, 0.3) is 5.91 Å². The van der Waals surface area contributed by atoms with E-state index in [2.05, 4.69) is 10.6 Å².